The van der Waals surface area contributed by atoms with Crippen LogP contribution in [-0.2, 0) is 27.5 Å². The van der Waals surface area contributed by atoms with Gasteiger partial charge in [0.2, 0.25) is 0 Å². The van der Waals surface area contributed by atoms with E-state index in [2.05, 4.69) is 4.74 Å². The molecule has 2 rings (SSSR count). The number of nitriles is 1. The van der Waals surface area contributed by atoms with Crippen molar-refractivity contribution < 1.29 is 36.2 Å². The minimum absolute atomic E-state index is 0.642. The van der Waals surface area contributed by atoms with Crippen LogP contribution >= 0.6 is 0 Å². The zero-order valence-electron chi connectivity index (χ0n) is 14.7. The maximum absolute atomic E-state index is 14.0. The Balaban J connectivity index is 2.18. The van der Waals surface area contributed by atoms with Crippen molar-refractivity contribution in [1.29, 1.82) is 5.26 Å². The number of halogens is 5. The maximum atomic E-state index is 14.0. The number of carbonyl (C=O) groups excluding carboxylic acids is 1. The minimum Gasteiger partial charge on any atom is -0.460 e. The highest BCUT2D eigenvalue weighted by atomic mass is 19.2. The van der Waals surface area contributed by atoms with Crippen molar-refractivity contribution in [2.24, 2.45) is 17.3 Å². The van der Waals surface area contributed by atoms with Gasteiger partial charge in [-0.3, -0.25) is 4.79 Å². The van der Waals surface area contributed by atoms with E-state index in [-0.39, 0.29) is 0 Å². The fraction of sp³-hybridized carbons (Fsp3) is 0.444. The number of benzene rings is 1. The molecule has 1 aliphatic carbocycles. The van der Waals surface area contributed by atoms with E-state index in [0.717, 1.165) is 13.2 Å². The zero-order valence-corrected chi connectivity index (χ0v) is 14.7. The van der Waals surface area contributed by atoms with Gasteiger partial charge in [-0.05, 0) is 11.5 Å². The van der Waals surface area contributed by atoms with Crippen LogP contribution in [0.15, 0.2) is 11.9 Å². The largest absolute Gasteiger partial charge is 0.460 e. The van der Waals surface area contributed by atoms with Gasteiger partial charge in [0.05, 0.1) is 23.7 Å². The Kier molecular flexibility index (Phi) is 5.90. The van der Waals surface area contributed by atoms with Gasteiger partial charge >= 0.3 is 5.97 Å². The third-order valence-electron chi connectivity index (χ3n) is 4.69. The molecule has 4 nitrogen and oxygen atoms in total. The van der Waals surface area contributed by atoms with Crippen molar-refractivity contribution in [2.75, 3.05) is 7.11 Å². The number of carbonyl (C=O) groups is 1. The van der Waals surface area contributed by atoms with Crippen LogP contribution in [0.25, 0.3) is 0 Å². The predicted octanol–water partition coefficient (Wildman–Crippen LogP) is 4.08. The molecule has 146 valence electrons. The van der Waals surface area contributed by atoms with Gasteiger partial charge in [0.1, 0.15) is 12.7 Å². The zero-order chi connectivity index (χ0) is 20.5. The van der Waals surface area contributed by atoms with Crippen LogP contribution in [0.5, 0.6) is 0 Å². The fourth-order valence-electron chi connectivity index (χ4n) is 2.99. The third kappa shape index (κ3) is 3.81. The number of hydrogen-bond donors (Lipinski definition) is 0. The molecule has 0 heterocycles. The summed E-state index contributed by atoms with van der Waals surface area (Å²) in [6.07, 6.45) is 0.964. The van der Waals surface area contributed by atoms with E-state index in [1.165, 1.54) is 6.07 Å². The molecule has 0 amide bonds. The summed E-state index contributed by atoms with van der Waals surface area (Å²) in [6, 6.07) is 1.28. The first-order valence-electron chi connectivity index (χ1n) is 7.84. The lowest BCUT2D eigenvalue weighted by molar-refractivity contribution is -0.147. The average Bonchev–Trinajstić information content (AvgIpc) is 3.16. The highest BCUT2D eigenvalue weighted by Crippen LogP contribution is 2.60. The Morgan fingerprint density at radius 3 is 2.04 bits per heavy atom. The molecule has 0 spiro atoms. The quantitative estimate of drug-likeness (QED) is 0.318. The molecular weight excluding hydrogens is 373 g/mol. The van der Waals surface area contributed by atoms with E-state index in [1.54, 1.807) is 13.8 Å². The summed E-state index contributed by atoms with van der Waals surface area (Å²) in [5.74, 6) is -10.1. The number of hydrogen-bond acceptors (Lipinski definition) is 4. The lowest BCUT2D eigenvalue weighted by atomic mass is 10.1. The predicted molar refractivity (Wildman–Crippen MR) is 82.3 cm³/mol. The molecule has 0 unspecified atom stereocenters. The number of methoxy groups -OCH3 is 1. The second kappa shape index (κ2) is 7.64. The van der Waals surface area contributed by atoms with Crippen LogP contribution in [0, 0.1) is 51.9 Å². The molecule has 1 fully saturated rings. The monoisotopic (exact) mass is 389 g/mol. The molecule has 0 N–H and O–H groups in total. The summed E-state index contributed by atoms with van der Waals surface area (Å²) in [4.78, 5) is 12.1. The van der Waals surface area contributed by atoms with Crippen molar-refractivity contribution in [3.63, 3.8) is 0 Å². The number of nitrogens with zero attached hydrogens (tertiary/aromatic N) is 1. The van der Waals surface area contributed by atoms with Gasteiger partial charge in [-0.2, -0.15) is 9.65 Å². The van der Waals surface area contributed by atoms with Crippen molar-refractivity contribution in [3.8, 4) is 6.07 Å². The van der Waals surface area contributed by atoms with Crippen LogP contribution < -0.4 is 0 Å². The normalized spacial score (nSPS) is 20.9. The summed E-state index contributed by atoms with van der Waals surface area (Å²) in [5, 5.41) is 8.46. The Hall–Kier alpha value is -2.47. The summed E-state index contributed by atoms with van der Waals surface area (Å²) in [7, 11) is 1.10. The molecule has 0 bridgehead atoms. The Bertz CT molecular complexity index is 815. The number of allylic oxidation sites excluding steroid dienone is 2. The van der Waals surface area contributed by atoms with E-state index in [4.69, 9.17) is 10.00 Å². The van der Waals surface area contributed by atoms with Crippen LogP contribution in [-0.4, -0.2) is 13.1 Å². The second-order valence-electron chi connectivity index (χ2n) is 6.70. The molecule has 2 atom stereocenters. The van der Waals surface area contributed by atoms with Crippen molar-refractivity contribution in [1.82, 2.24) is 0 Å². The van der Waals surface area contributed by atoms with E-state index < -0.39 is 76.7 Å². The van der Waals surface area contributed by atoms with Gasteiger partial charge in [-0.1, -0.05) is 13.8 Å². The summed E-state index contributed by atoms with van der Waals surface area (Å²) in [6.45, 7) is 1.51. The molecular formula is C18H16F5NO3. The van der Waals surface area contributed by atoms with Gasteiger partial charge < -0.3 is 9.47 Å². The lowest BCUT2D eigenvalue weighted by Gasteiger charge is -2.12. The Morgan fingerprint density at radius 2 is 1.59 bits per heavy atom. The molecule has 0 aromatic heterocycles. The van der Waals surface area contributed by atoms with Crippen LogP contribution in [0.4, 0.5) is 22.0 Å². The highest BCUT2D eigenvalue weighted by molar-refractivity contribution is 5.78. The topological polar surface area (TPSA) is 59.3 Å². The summed E-state index contributed by atoms with van der Waals surface area (Å²) >= 11 is 0. The van der Waals surface area contributed by atoms with Crippen molar-refractivity contribution in [3.05, 3.63) is 46.3 Å². The SMILES string of the molecule is COCc1c(F)c(F)c(COC(=O)[C@@H]2[C@@H](/C=C(\F)C#N)C2(C)C)c(F)c1F. The Labute approximate surface area is 152 Å². The number of rotatable bonds is 6. The summed E-state index contributed by atoms with van der Waals surface area (Å²) < 4.78 is 78.2. The molecule has 0 saturated heterocycles. The standard InChI is InChI=1S/C18H16F5NO3/c1-18(2)11(4-8(19)5-24)12(18)17(25)27-7-10-15(22)13(20)9(6-26-3)14(21)16(10)23/h4,11-12H,6-7H2,1-3H3/b8-4-/t11-,12+/m1/s1. The van der Waals surface area contributed by atoms with Crippen molar-refractivity contribution in [2.45, 2.75) is 27.1 Å². The van der Waals surface area contributed by atoms with Gasteiger partial charge in [-0.15, -0.1) is 0 Å². The van der Waals surface area contributed by atoms with Crippen LogP contribution in [0.1, 0.15) is 25.0 Å². The van der Waals surface area contributed by atoms with E-state index in [0.29, 0.717) is 0 Å². The lowest BCUT2D eigenvalue weighted by Crippen LogP contribution is -2.15. The molecule has 0 radical (unpaired) electrons. The second-order valence-corrected chi connectivity index (χ2v) is 6.70. The minimum atomic E-state index is -1.68. The number of esters is 1. The van der Waals surface area contributed by atoms with Crippen LogP contribution in [0.3, 0.4) is 0 Å². The van der Waals surface area contributed by atoms with E-state index in [1.807, 2.05) is 0 Å². The average molecular weight is 389 g/mol. The maximum Gasteiger partial charge on any atom is 0.310 e. The Morgan fingerprint density at radius 1 is 1.11 bits per heavy atom. The van der Waals surface area contributed by atoms with E-state index >= 15 is 0 Å². The molecule has 1 saturated carbocycles. The van der Waals surface area contributed by atoms with Gasteiger partial charge in [0.15, 0.2) is 29.1 Å². The molecule has 27 heavy (non-hydrogen) atoms. The van der Waals surface area contributed by atoms with Gasteiger partial charge in [0.25, 0.3) is 0 Å². The molecule has 0 aliphatic heterocycles. The first kappa shape index (κ1) is 20.8. The fourth-order valence-corrected chi connectivity index (χ4v) is 2.99. The highest BCUT2D eigenvalue weighted by Gasteiger charge is 2.61. The molecule has 1 aliphatic rings. The number of ether oxygens (including phenoxy) is 2. The summed E-state index contributed by atoms with van der Waals surface area (Å²) in [5.41, 5.74) is -2.73. The molecule has 1 aromatic carbocycles. The van der Waals surface area contributed by atoms with E-state index in [9.17, 15) is 26.7 Å². The molecule has 1 aromatic rings. The van der Waals surface area contributed by atoms with Gasteiger partial charge in [0, 0.05) is 13.0 Å². The van der Waals surface area contributed by atoms with Gasteiger partial charge in [-0.25, -0.2) is 17.6 Å². The third-order valence-corrected chi connectivity index (χ3v) is 4.69. The van der Waals surface area contributed by atoms with Crippen molar-refractivity contribution >= 4 is 5.97 Å². The smallest absolute Gasteiger partial charge is 0.310 e. The van der Waals surface area contributed by atoms with Crippen LogP contribution in [0.2, 0.25) is 0 Å². The first-order chi connectivity index (χ1) is 12.6. The first-order valence-corrected chi connectivity index (χ1v) is 7.84. The molecule has 9 heteroatoms.